The quantitative estimate of drug-likeness (QED) is 0.546. The van der Waals surface area contributed by atoms with Crippen LogP contribution in [0.4, 0.5) is 23.0 Å². The monoisotopic (exact) mass is 414 g/mol. The van der Waals surface area contributed by atoms with Gasteiger partial charge in [0.25, 0.3) is 0 Å². The summed E-state index contributed by atoms with van der Waals surface area (Å²) in [6.45, 7) is 2.61. The predicted molar refractivity (Wildman–Crippen MR) is 90.2 cm³/mol. The first-order chi connectivity index (χ1) is 10.0. The van der Waals surface area contributed by atoms with Crippen molar-refractivity contribution in [3.05, 3.63) is 49.4 Å². The topological polar surface area (TPSA) is 80.1 Å². The van der Waals surface area contributed by atoms with E-state index in [2.05, 4.69) is 47.5 Å². The zero-order chi connectivity index (χ0) is 15.4. The van der Waals surface area contributed by atoms with Crippen LogP contribution in [0.2, 0.25) is 0 Å². The summed E-state index contributed by atoms with van der Waals surface area (Å²) in [6, 6.07) is 8.55. The fraction of sp³-hybridized carbons (Fsp3) is 0.154. The van der Waals surface area contributed by atoms with Gasteiger partial charge in [-0.25, -0.2) is 4.98 Å². The number of nitrogens with one attached hydrogen (secondary N) is 2. The van der Waals surface area contributed by atoms with Gasteiger partial charge < -0.3 is 10.6 Å². The zero-order valence-electron chi connectivity index (χ0n) is 11.1. The number of rotatable bonds is 5. The van der Waals surface area contributed by atoms with E-state index in [0.29, 0.717) is 18.1 Å². The summed E-state index contributed by atoms with van der Waals surface area (Å²) in [5.41, 5.74) is 0.598. The molecule has 2 aromatic rings. The molecule has 1 aromatic carbocycles. The Hall–Kier alpha value is -1.67. The highest BCUT2D eigenvalue weighted by molar-refractivity contribution is 9.11. The number of nitro groups is 1. The van der Waals surface area contributed by atoms with Crippen LogP contribution in [-0.2, 0) is 0 Å². The lowest BCUT2D eigenvalue weighted by molar-refractivity contribution is -0.384. The third-order valence-corrected chi connectivity index (χ3v) is 3.96. The summed E-state index contributed by atoms with van der Waals surface area (Å²) in [5.74, 6) is 0.764. The van der Waals surface area contributed by atoms with Gasteiger partial charge in [0.15, 0.2) is 0 Å². The van der Waals surface area contributed by atoms with E-state index in [0.717, 1.165) is 8.95 Å². The number of pyridine rings is 1. The summed E-state index contributed by atoms with van der Waals surface area (Å²) in [4.78, 5) is 14.9. The first-order valence-corrected chi connectivity index (χ1v) is 7.72. The highest BCUT2D eigenvalue weighted by Crippen LogP contribution is 2.35. The van der Waals surface area contributed by atoms with Crippen LogP contribution >= 0.6 is 31.9 Å². The molecule has 0 fully saturated rings. The van der Waals surface area contributed by atoms with E-state index in [-0.39, 0.29) is 11.5 Å². The predicted octanol–water partition coefficient (Wildman–Crippen LogP) is 4.69. The zero-order valence-corrected chi connectivity index (χ0v) is 14.2. The molecule has 0 unspecified atom stereocenters. The molecule has 0 saturated heterocycles. The Bertz CT molecular complexity index is 659. The Morgan fingerprint density at radius 1 is 1.24 bits per heavy atom. The highest BCUT2D eigenvalue weighted by Gasteiger charge is 2.18. The number of aromatic nitrogens is 1. The van der Waals surface area contributed by atoms with Gasteiger partial charge in [-0.15, -0.1) is 0 Å². The Labute approximate surface area is 138 Å². The van der Waals surface area contributed by atoms with Crippen molar-refractivity contribution >= 4 is 54.9 Å². The van der Waals surface area contributed by atoms with E-state index < -0.39 is 4.92 Å². The normalized spacial score (nSPS) is 10.2. The first-order valence-electron chi connectivity index (χ1n) is 6.13. The Kier molecular flexibility index (Phi) is 5.13. The van der Waals surface area contributed by atoms with Crippen molar-refractivity contribution in [1.29, 1.82) is 0 Å². The molecule has 0 atom stereocenters. The Morgan fingerprint density at radius 3 is 2.48 bits per heavy atom. The van der Waals surface area contributed by atoms with Crippen LogP contribution in [0, 0.1) is 10.1 Å². The third-order valence-electron chi connectivity index (χ3n) is 2.63. The SMILES string of the molecule is CCNc1ccc([N+](=O)[O-])c(Nc2c(Br)cccc2Br)n1. The summed E-state index contributed by atoms with van der Waals surface area (Å²) in [7, 11) is 0. The largest absolute Gasteiger partial charge is 0.370 e. The van der Waals surface area contributed by atoms with Gasteiger partial charge >= 0.3 is 5.69 Å². The van der Waals surface area contributed by atoms with Crippen LogP contribution in [0.15, 0.2) is 39.3 Å². The maximum Gasteiger partial charge on any atom is 0.311 e. The minimum atomic E-state index is -0.462. The lowest BCUT2D eigenvalue weighted by Crippen LogP contribution is -2.05. The number of nitrogens with zero attached hydrogens (tertiary/aromatic N) is 2. The summed E-state index contributed by atoms with van der Waals surface area (Å²) in [5, 5.41) is 17.2. The maximum absolute atomic E-state index is 11.1. The second-order valence-corrected chi connectivity index (χ2v) is 5.78. The lowest BCUT2D eigenvalue weighted by atomic mass is 10.3. The van der Waals surface area contributed by atoms with E-state index in [1.807, 2.05) is 25.1 Å². The van der Waals surface area contributed by atoms with Gasteiger partial charge in [0.1, 0.15) is 5.82 Å². The standard InChI is InChI=1S/C13H12Br2N4O2/c1-2-16-11-7-6-10(19(20)21)13(17-11)18-12-8(14)4-3-5-9(12)15/h3-7H,2H2,1H3,(H2,16,17,18). The smallest absolute Gasteiger partial charge is 0.311 e. The van der Waals surface area contributed by atoms with Crippen molar-refractivity contribution in [3.8, 4) is 0 Å². The van der Waals surface area contributed by atoms with Gasteiger partial charge in [-0.3, -0.25) is 10.1 Å². The van der Waals surface area contributed by atoms with E-state index in [9.17, 15) is 10.1 Å². The first kappa shape index (κ1) is 15.7. The number of halogens is 2. The van der Waals surface area contributed by atoms with E-state index in [4.69, 9.17) is 0 Å². The molecular weight excluding hydrogens is 404 g/mol. The summed E-state index contributed by atoms with van der Waals surface area (Å²) in [6.07, 6.45) is 0. The van der Waals surface area contributed by atoms with Gasteiger partial charge in [0, 0.05) is 21.6 Å². The third kappa shape index (κ3) is 3.70. The molecule has 0 radical (unpaired) electrons. The number of benzene rings is 1. The molecule has 0 aliphatic heterocycles. The molecular formula is C13H12Br2N4O2. The van der Waals surface area contributed by atoms with E-state index in [1.54, 1.807) is 6.07 Å². The highest BCUT2D eigenvalue weighted by atomic mass is 79.9. The average Bonchev–Trinajstić information content (AvgIpc) is 2.43. The Morgan fingerprint density at radius 2 is 1.90 bits per heavy atom. The molecule has 0 amide bonds. The molecule has 0 aliphatic rings. The minimum absolute atomic E-state index is 0.0840. The van der Waals surface area contributed by atoms with Crippen molar-refractivity contribution in [1.82, 2.24) is 4.98 Å². The van der Waals surface area contributed by atoms with Crippen molar-refractivity contribution in [2.75, 3.05) is 17.2 Å². The van der Waals surface area contributed by atoms with Crippen LogP contribution in [0.3, 0.4) is 0 Å². The minimum Gasteiger partial charge on any atom is -0.370 e. The van der Waals surface area contributed by atoms with E-state index >= 15 is 0 Å². The van der Waals surface area contributed by atoms with Gasteiger partial charge in [0.05, 0.1) is 10.6 Å². The molecule has 0 bridgehead atoms. The van der Waals surface area contributed by atoms with Crippen LogP contribution in [0.1, 0.15) is 6.92 Å². The lowest BCUT2D eigenvalue weighted by Gasteiger charge is -2.11. The molecule has 21 heavy (non-hydrogen) atoms. The van der Waals surface area contributed by atoms with Crippen molar-refractivity contribution in [3.63, 3.8) is 0 Å². The molecule has 110 valence electrons. The second kappa shape index (κ2) is 6.86. The van der Waals surface area contributed by atoms with E-state index in [1.165, 1.54) is 6.07 Å². The van der Waals surface area contributed by atoms with Crippen molar-refractivity contribution in [2.24, 2.45) is 0 Å². The van der Waals surface area contributed by atoms with Gasteiger partial charge in [-0.2, -0.15) is 0 Å². The fourth-order valence-corrected chi connectivity index (χ4v) is 2.90. The molecule has 6 nitrogen and oxygen atoms in total. The maximum atomic E-state index is 11.1. The molecule has 1 aromatic heterocycles. The number of anilines is 3. The second-order valence-electron chi connectivity index (χ2n) is 4.07. The van der Waals surface area contributed by atoms with Gasteiger partial charge in [-0.05, 0) is 57.0 Å². The summed E-state index contributed by atoms with van der Waals surface area (Å²) < 4.78 is 1.56. The fourth-order valence-electron chi connectivity index (χ4n) is 1.71. The van der Waals surface area contributed by atoms with Crippen molar-refractivity contribution < 1.29 is 4.92 Å². The molecule has 8 heteroatoms. The number of hydrogen-bond donors (Lipinski definition) is 2. The molecule has 0 aliphatic carbocycles. The molecule has 2 N–H and O–H groups in total. The summed E-state index contributed by atoms with van der Waals surface area (Å²) >= 11 is 6.82. The van der Waals surface area contributed by atoms with Crippen molar-refractivity contribution in [2.45, 2.75) is 6.92 Å². The Balaban J connectivity index is 2.46. The average molecular weight is 416 g/mol. The molecule has 1 heterocycles. The van der Waals surface area contributed by atoms with Crippen LogP contribution < -0.4 is 10.6 Å². The van der Waals surface area contributed by atoms with Crippen LogP contribution in [-0.4, -0.2) is 16.5 Å². The number of para-hydroxylation sites is 1. The molecule has 0 spiro atoms. The van der Waals surface area contributed by atoms with Gasteiger partial charge in [-0.1, -0.05) is 6.07 Å². The van der Waals surface area contributed by atoms with Crippen LogP contribution in [0.5, 0.6) is 0 Å². The van der Waals surface area contributed by atoms with Gasteiger partial charge in [0.2, 0.25) is 5.82 Å². The van der Waals surface area contributed by atoms with Crippen LogP contribution in [0.25, 0.3) is 0 Å². The number of hydrogen-bond acceptors (Lipinski definition) is 5. The molecule has 0 saturated carbocycles. The molecule has 2 rings (SSSR count).